The van der Waals surface area contributed by atoms with Crippen molar-refractivity contribution >= 4 is 17.1 Å². The van der Waals surface area contributed by atoms with Crippen LogP contribution in [0.25, 0.3) is 10.6 Å². The Labute approximate surface area is 118 Å². The second kappa shape index (κ2) is 5.96. The van der Waals surface area contributed by atoms with Crippen molar-refractivity contribution in [2.45, 2.75) is 13.5 Å². The standard InChI is InChI=1S/C13H11F2NO3S/c1-7(17)9-6-20-12(16-9)8-3-4-10(18-2)11(5-8)19-13(14)15/h3-6,13H,1-2H3. The number of rotatable bonds is 5. The Kier molecular flexibility index (Phi) is 4.29. The molecule has 106 valence electrons. The first kappa shape index (κ1) is 14.4. The highest BCUT2D eigenvalue weighted by Crippen LogP contribution is 2.34. The van der Waals surface area contributed by atoms with E-state index in [-0.39, 0.29) is 17.3 Å². The van der Waals surface area contributed by atoms with Crippen LogP contribution in [0.5, 0.6) is 11.5 Å². The van der Waals surface area contributed by atoms with E-state index in [0.29, 0.717) is 16.3 Å². The summed E-state index contributed by atoms with van der Waals surface area (Å²) in [6.45, 7) is -1.53. The number of nitrogens with zero attached hydrogens (tertiary/aromatic N) is 1. The third-order valence-electron chi connectivity index (χ3n) is 2.49. The van der Waals surface area contributed by atoms with E-state index in [1.807, 2.05) is 0 Å². The van der Waals surface area contributed by atoms with Gasteiger partial charge < -0.3 is 9.47 Å². The summed E-state index contributed by atoms with van der Waals surface area (Å²) in [5.74, 6) is -0.0120. The third-order valence-corrected chi connectivity index (χ3v) is 3.38. The van der Waals surface area contributed by atoms with Gasteiger partial charge in [0, 0.05) is 17.9 Å². The number of halogens is 2. The molecule has 0 aliphatic heterocycles. The number of carbonyl (C=O) groups excluding carboxylic acids is 1. The van der Waals surface area contributed by atoms with E-state index in [2.05, 4.69) is 9.72 Å². The molecule has 0 radical (unpaired) electrons. The molecule has 0 fully saturated rings. The second-order valence-corrected chi connectivity index (χ2v) is 4.70. The number of carbonyl (C=O) groups is 1. The summed E-state index contributed by atoms with van der Waals surface area (Å²) in [7, 11) is 1.37. The number of hydrogen-bond acceptors (Lipinski definition) is 5. The normalized spacial score (nSPS) is 10.7. The molecular weight excluding hydrogens is 288 g/mol. The zero-order valence-corrected chi connectivity index (χ0v) is 11.5. The lowest BCUT2D eigenvalue weighted by molar-refractivity contribution is -0.0511. The van der Waals surface area contributed by atoms with Crippen LogP contribution in [0, 0.1) is 0 Å². The summed E-state index contributed by atoms with van der Waals surface area (Å²) in [6.07, 6.45) is 0. The zero-order chi connectivity index (χ0) is 14.7. The fraction of sp³-hybridized carbons (Fsp3) is 0.231. The number of hydrogen-bond donors (Lipinski definition) is 0. The Bertz CT molecular complexity index is 628. The maximum Gasteiger partial charge on any atom is 0.387 e. The molecule has 20 heavy (non-hydrogen) atoms. The Balaban J connectivity index is 2.38. The summed E-state index contributed by atoms with van der Waals surface area (Å²) in [6, 6.07) is 4.59. The Morgan fingerprint density at radius 1 is 1.35 bits per heavy atom. The molecule has 0 aliphatic carbocycles. The largest absolute Gasteiger partial charge is 0.493 e. The van der Waals surface area contributed by atoms with E-state index >= 15 is 0 Å². The van der Waals surface area contributed by atoms with Gasteiger partial charge in [0.2, 0.25) is 0 Å². The molecule has 0 spiro atoms. The van der Waals surface area contributed by atoms with Crippen LogP contribution < -0.4 is 9.47 Å². The lowest BCUT2D eigenvalue weighted by Gasteiger charge is -2.10. The molecule has 0 N–H and O–H groups in total. The molecule has 7 heteroatoms. The molecule has 1 aromatic heterocycles. The minimum absolute atomic E-state index is 0.0698. The van der Waals surface area contributed by atoms with Crippen molar-refractivity contribution in [1.29, 1.82) is 0 Å². The van der Waals surface area contributed by atoms with Gasteiger partial charge in [0.25, 0.3) is 0 Å². The number of ether oxygens (including phenoxy) is 2. The van der Waals surface area contributed by atoms with Gasteiger partial charge in [-0.15, -0.1) is 11.3 Å². The highest BCUT2D eigenvalue weighted by Gasteiger charge is 2.14. The van der Waals surface area contributed by atoms with Gasteiger partial charge in [0.15, 0.2) is 17.3 Å². The van der Waals surface area contributed by atoms with Gasteiger partial charge in [-0.3, -0.25) is 4.79 Å². The minimum atomic E-state index is -2.94. The van der Waals surface area contributed by atoms with Gasteiger partial charge in [0.1, 0.15) is 10.7 Å². The first-order valence-electron chi connectivity index (χ1n) is 5.61. The van der Waals surface area contributed by atoms with Crippen LogP contribution in [-0.4, -0.2) is 24.5 Å². The molecule has 2 rings (SSSR count). The van der Waals surface area contributed by atoms with Crippen molar-refractivity contribution in [3.8, 4) is 22.1 Å². The lowest BCUT2D eigenvalue weighted by atomic mass is 10.2. The first-order valence-corrected chi connectivity index (χ1v) is 6.49. The lowest BCUT2D eigenvalue weighted by Crippen LogP contribution is -2.03. The van der Waals surface area contributed by atoms with Gasteiger partial charge in [-0.05, 0) is 18.2 Å². The Morgan fingerprint density at radius 3 is 2.65 bits per heavy atom. The smallest absolute Gasteiger partial charge is 0.387 e. The van der Waals surface area contributed by atoms with E-state index in [1.54, 1.807) is 11.4 Å². The van der Waals surface area contributed by atoms with Crippen molar-refractivity contribution in [3.63, 3.8) is 0 Å². The minimum Gasteiger partial charge on any atom is -0.493 e. The van der Waals surface area contributed by atoms with Crippen LogP contribution in [0.3, 0.4) is 0 Å². The molecule has 4 nitrogen and oxygen atoms in total. The van der Waals surface area contributed by atoms with Crippen molar-refractivity contribution < 1.29 is 23.0 Å². The van der Waals surface area contributed by atoms with E-state index in [9.17, 15) is 13.6 Å². The predicted octanol–water partition coefficient (Wildman–Crippen LogP) is 3.62. The van der Waals surface area contributed by atoms with Crippen LogP contribution >= 0.6 is 11.3 Å². The molecule has 0 aliphatic rings. The molecule has 0 unspecified atom stereocenters. The van der Waals surface area contributed by atoms with E-state index in [4.69, 9.17) is 4.74 Å². The number of thiazole rings is 1. The summed E-state index contributed by atoms with van der Waals surface area (Å²) in [4.78, 5) is 15.3. The molecule has 0 bridgehead atoms. The summed E-state index contributed by atoms with van der Waals surface area (Å²) < 4.78 is 34.0. The second-order valence-electron chi connectivity index (χ2n) is 3.84. The average Bonchev–Trinajstić information content (AvgIpc) is 2.87. The quantitative estimate of drug-likeness (QED) is 0.791. The molecule has 0 amide bonds. The highest BCUT2D eigenvalue weighted by molar-refractivity contribution is 7.13. The fourth-order valence-corrected chi connectivity index (χ4v) is 2.42. The zero-order valence-electron chi connectivity index (χ0n) is 10.7. The van der Waals surface area contributed by atoms with Crippen LogP contribution in [0.1, 0.15) is 17.4 Å². The summed E-state index contributed by atoms with van der Waals surface area (Å²) in [5, 5.41) is 2.17. The maximum atomic E-state index is 12.3. The van der Waals surface area contributed by atoms with Crippen LogP contribution in [0.15, 0.2) is 23.6 Å². The van der Waals surface area contributed by atoms with Crippen molar-refractivity contribution in [2.75, 3.05) is 7.11 Å². The number of Topliss-reactive ketones (excluding diaryl/α,β-unsaturated/α-hetero) is 1. The van der Waals surface area contributed by atoms with Gasteiger partial charge in [0.05, 0.1) is 7.11 Å². The van der Waals surface area contributed by atoms with E-state index in [1.165, 1.54) is 37.5 Å². The van der Waals surface area contributed by atoms with Crippen LogP contribution in [0.2, 0.25) is 0 Å². The molecule has 1 aromatic carbocycles. The van der Waals surface area contributed by atoms with Crippen molar-refractivity contribution in [2.24, 2.45) is 0 Å². The molecule has 1 heterocycles. The van der Waals surface area contributed by atoms with E-state index < -0.39 is 6.61 Å². The van der Waals surface area contributed by atoms with Gasteiger partial charge in [-0.2, -0.15) is 8.78 Å². The molecule has 2 aromatic rings. The number of alkyl halides is 2. The van der Waals surface area contributed by atoms with Gasteiger partial charge in [-0.1, -0.05) is 0 Å². The maximum absolute atomic E-state index is 12.3. The van der Waals surface area contributed by atoms with Gasteiger partial charge >= 0.3 is 6.61 Å². The Hall–Kier alpha value is -2.02. The van der Waals surface area contributed by atoms with Crippen LogP contribution in [0.4, 0.5) is 8.78 Å². The molecular formula is C13H11F2NO3S. The third kappa shape index (κ3) is 3.11. The topological polar surface area (TPSA) is 48.4 Å². The molecule has 0 saturated heterocycles. The number of aromatic nitrogens is 1. The van der Waals surface area contributed by atoms with Crippen molar-refractivity contribution in [1.82, 2.24) is 4.98 Å². The highest BCUT2D eigenvalue weighted by atomic mass is 32.1. The number of benzene rings is 1. The van der Waals surface area contributed by atoms with Gasteiger partial charge in [-0.25, -0.2) is 4.98 Å². The van der Waals surface area contributed by atoms with E-state index in [0.717, 1.165) is 0 Å². The fourth-order valence-electron chi connectivity index (χ4n) is 1.57. The van der Waals surface area contributed by atoms with Crippen molar-refractivity contribution in [3.05, 3.63) is 29.3 Å². The van der Waals surface area contributed by atoms with Crippen LogP contribution in [-0.2, 0) is 0 Å². The predicted molar refractivity (Wildman–Crippen MR) is 70.7 cm³/mol. The Morgan fingerprint density at radius 2 is 2.10 bits per heavy atom. The summed E-state index contributed by atoms with van der Waals surface area (Å²) in [5.41, 5.74) is 0.927. The monoisotopic (exact) mass is 299 g/mol. The SMILES string of the molecule is COc1ccc(-c2nc(C(C)=O)cs2)cc1OC(F)F. The number of ketones is 1. The summed E-state index contributed by atoms with van der Waals surface area (Å²) >= 11 is 1.26. The molecule has 0 saturated carbocycles. The number of methoxy groups -OCH3 is 1. The first-order chi connectivity index (χ1) is 9.51. The average molecular weight is 299 g/mol. The molecule has 0 atom stereocenters.